The predicted octanol–water partition coefficient (Wildman–Crippen LogP) is 2.55. The summed E-state index contributed by atoms with van der Waals surface area (Å²) in [6.45, 7) is -0.389. The third-order valence-electron chi connectivity index (χ3n) is 3.48. The van der Waals surface area contributed by atoms with Gasteiger partial charge < -0.3 is 14.8 Å². The summed E-state index contributed by atoms with van der Waals surface area (Å²) in [5.41, 5.74) is 0.770. The number of carbonyl (C=O) groups is 3. The molecule has 1 aromatic heterocycles. The minimum atomic E-state index is -0.537. The normalized spacial score (nSPS) is 13.0. The molecule has 0 aliphatic carbocycles. The summed E-state index contributed by atoms with van der Waals surface area (Å²) in [7, 11) is 1.26. The van der Waals surface area contributed by atoms with Crippen LogP contribution in [0.3, 0.4) is 0 Å². The van der Waals surface area contributed by atoms with E-state index in [1.165, 1.54) is 12.0 Å². The quantitative estimate of drug-likeness (QED) is 0.824. The van der Waals surface area contributed by atoms with Crippen molar-refractivity contribution in [3.8, 4) is 5.75 Å². The van der Waals surface area contributed by atoms with Crippen molar-refractivity contribution in [2.24, 2.45) is 0 Å². The number of ether oxygens (including phenoxy) is 2. The summed E-state index contributed by atoms with van der Waals surface area (Å²) in [5, 5.41) is 4.71. The van der Waals surface area contributed by atoms with Crippen LogP contribution in [0.2, 0.25) is 5.02 Å². The second kappa shape index (κ2) is 7.12. The number of anilines is 2. The number of hydrogen-bond donors (Lipinski definition) is 1. The Kier molecular flexibility index (Phi) is 4.91. The van der Waals surface area contributed by atoms with Gasteiger partial charge in [-0.25, -0.2) is 4.79 Å². The van der Waals surface area contributed by atoms with Gasteiger partial charge in [-0.2, -0.15) is 0 Å². The van der Waals surface area contributed by atoms with Gasteiger partial charge in [0, 0.05) is 5.02 Å². The minimum absolute atomic E-state index is 0.159. The van der Waals surface area contributed by atoms with Gasteiger partial charge in [0.1, 0.15) is 17.2 Å². The molecular weight excluding hydrogens is 368 g/mol. The van der Waals surface area contributed by atoms with Crippen LogP contribution < -0.4 is 15.0 Å². The number of methoxy groups -OCH3 is 1. The zero-order chi connectivity index (χ0) is 18.0. The Morgan fingerprint density at radius 2 is 2.20 bits per heavy atom. The van der Waals surface area contributed by atoms with Crippen molar-refractivity contribution in [3.05, 3.63) is 39.5 Å². The fourth-order valence-corrected chi connectivity index (χ4v) is 3.27. The van der Waals surface area contributed by atoms with Crippen LogP contribution in [0.25, 0.3) is 0 Å². The summed E-state index contributed by atoms with van der Waals surface area (Å²) in [6.07, 6.45) is 0. The smallest absolute Gasteiger partial charge is 0.350 e. The number of rotatable bonds is 4. The molecule has 1 aliphatic heterocycles. The zero-order valence-corrected chi connectivity index (χ0v) is 14.6. The maximum Gasteiger partial charge on any atom is 0.350 e. The van der Waals surface area contributed by atoms with E-state index in [0.29, 0.717) is 22.1 Å². The highest BCUT2D eigenvalue weighted by Gasteiger charge is 2.28. The first-order valence-electron chi connectivity index (χ1n) is 7.18. The van der Waals surface area contributed by atoms with Crippen LogP contribution in [0.15, 0.2) is 29.6 Å². The molecular formula is C16H13ClN2O5S. The highest BCUT2D eigenvalue weighted by atomic mass is 35.5. The topological polar surface area (TPSA) is 84.9 Å². The lowest BCUT2D eigenvalue weighted by Gasteiger charge is -2.29. The molecule has 0 saturated carbocycles. The van der Waals surface area contributed by atoms with Gasteiger partial charge in [-0.1, -0.05) is 11.6 Å². The van der Waals surface area contributed by atoms with Crippen molar-refractivity contribution in [3.63, 3.8) is 0 Å². The van der Waals surface area contributed by atoms with Crippen molar-refractivity contribution in [2.45, 2.75) is 0 Å². The van der Waals surface area contributed by atoms with Gasteiger partial charge in [-0.15, -0.1) is 11.3 Å². The van der Waals surface area contributed by atoms with E-state index < -0.39 is 11.9 Å². The summed E-state index contributed by atoms with van der Waals surface area (Å²) >= 11 is 7.12. The number of benzene rings is 1. The lowest BCUT2D eigenvalue weighted by atomic mass is 10.2. The Labute approximate surface area is 152 Å². The molecule has 0 bridgehead atoms. The molecule has 25 heavy (non-hydrogen) atoms. The molecule has 0 unspecified atom stereocenters. The molecule has 2 aromatic rings. The first kappa shape index (κ1) is 17.2. The first-order chi connectivity index (χ1) is 12.0. The van der Waals surface area contributed by atoms with Crippen LogP contribution in [-0.4, -0.2) is 38.0 Å². The third kappa shape index (κ3) is 3.59. The summed E-state index contributed by atoms with van der Waals surface area (Å²) in [5.74, 6) is -0.874. The monoisotopic (exact) mass is 380 g/mol. The summed E-state index contributed by atoms with van der Waals surface area (Å²) in [4.78, 5) is 37.7. The number of carbonyl (C=O) groups excluding carboxylic acids is 3. The SMILES string of the molecule is COC(=O)c1sccc1NC(=O)CN1C(=O)COc2ccc(Cl)cc21. The Morgan fingerprint density at radius 3 is 2.96 bits per heavy atom. The molecule has 1 aliphatic rings. The van der Waals surface area contributed by atoms with Gasteiger partial charge in [0.25, 0.3) is 5.91 Å². The van der Waals surface area contributed by atoms with E-state index in [4.69, 9.17) is 16.3 Å². The van der Waals surface area contributed by atoms with E-state index in [1.807, 2.05) is 0 Å². The number of halogens is 1. The molecule has 0 spiro atoms. The van der Waals surface area contributed by atoms with E-state index in [-0.39, 0.29) is 23.9 Å². The van der Waals surface area contributed by atoms with Crippen molar-refractivity contribution in [1.82, 2.24) is 0 Å². The standard InChI is InChI=1S/C16H13ClN2O5S/c1-23-16(22)15-10(4-5-25-15)18-13(20)7-19-11-6-9(17)2-3-12(11)24-8-14(19)21/h2-6H,7-8H2,1H3,(H,18,20). The van der Waals surface area contributed by atoms with Crippen LogP contribution in [0.5, 0.6) is 5.75 Å². The van der Waals surface area contributed by atoms with Crippen molar-refractivity contribution in [1.29, 1.82) is 0 Å². The van der Waals surface area contributed by atoms with Crippen LogP contribution in [0.4, 0.5) is 11.4 Å². The van der Waals surface area contributed by atoms with Crippen LogP contribution >= 0.6 is 22.9 Å². The van der Waals surface area contributed by atoms with E-state index in [2.05, 4.69) is 10.1 Å². The molecule has 2 heterocycles. The van der Waals surface area contributed by atoms with Gasteiger partial charge in [-0.05, 0) is 29.6 Å². The number of thiophene rings is 1. The fourth-order valence-electron chi connectivity index (χ4n) is 2.34. The minimum Gasteiger partial charge on any atom is -0.482 e. The Bertz CT molecular complexity index is 851. The number of amides is 2. The molecule has 130 valence electrons. The molecule has 2 amide bonds. The average Bonchev–Trinajstić information content (AvgIpc) is 3.05. The maximum atomic E-state index is 12.4. The van der Waals surface area contributed by atoms with Crippen molar-refractivity contribution < 1.29 is 23.9 Å². The molecule has 3 rings (SSSR count). The molecule has 7 nitrogen and oxygen atoms in total. The fraction of sp³-hybridized carbons (Fsp3) is 0.188. The van der Waals surface area contributed by atoms with Gasteiger partial charge in [0.05, 0.1) is 18.5 Å². The molecule has 0 saturated heterocycles. The number of hydrogen-bond acceptors (Lipinski definition) is 6. The second-order valence-electron chi connectivity index (χ2n) is 5.08. The molecule has 1 N–H and O–H groups in total. The second-order valence-corrected chi connectivity index (χ2v) is 6.44. The first-order valence-corrected chi connectivity index (χ1v) is 8.43. The molecule has 9 heteroatoms. The molecule has 0 fully saturated rings. The van der Waals surface area contributed by atoms with Crippen molar-refractivity contribution >= 4 is 52.1 Å². The van der Waals surface area contributed by atoms with Crippen LogP contribution in [-0.2, 0) is 14.3 Å². The average molecular weight is 381 g/mol. The van der Waals surface area contributed by atoms with Gasteiger partial charge >= 0.3 is 5.97 Å². The number of fused-ring (bicyclic) bond motifs is 1. The van der Waals surface area contributed by atoms with Gasteiger partial charge in [0.2, 0.25) is 5.91 Å². The van der Waals surface area contributed by atoms with Gasteiger partial charge in [-0.3, -0.25) is 14.5 Å². The van der Waals surface area contributed by atoms with Crippen LogP contribution in [0.1, 0.15) is 9.67 Å². The van der Waals surface area contributed by atoms with E-state index in [9.17, 15) is 14.4 Å². The van der Waals surface area contributed by atoms with E-state index in [1.54, 1.807) is 29.6 Å². The zero-order valence-electron chi connectivity index (χ0n) is 13.1. The lowest BCUT2D eigenvalue weighted by Crippen LogP contribution is -2.43. The largest absolute Gasteiger partial charge is 0.482 e. The highest BCUT2D eigenvalue weighted by Crippen LogP contribution is 2.34. The Balaban J connectivity index is 1.78. The lowest BCUT2D eigenvalue weighted by molar-refractivity contribution is -0.123. The highest BCUT2D eigenvalue weighted by molar-refractivity contribution is 7.12. The van der Waals surface area contributed by atoms with Crippen molar-refractivity contribution in [2.75, 3.05) is 30.5 Å². The predicted molar refractivity (Wildman–Crippen MR) is 93.6 cm³/mol. The number of nitrogens with one attached hydrogen (secondary N) is 1. The summed E-state index contributed by atoms with van der Waals surface area (Å²) in [6, 6.07) is 6.44. The van der Waals surface area contributed by atoms with E-state index in [0.717, 1.165) is 11.3 Å². The Hall–Kier alpha value is -2.58. The van der Waals surface area contributed by atoms with Crippen LogP contribution in [0, 0.1) is 0 Å². The van der Waals surface area contributed by atoms with Gasteiger partial charge in [0.15, 0.2) is 6.61 Å². The number of esters is 1. The third-order valence-corrected chi connectivity index (χ3v) is 4.61. The number of nitrogens with zero attached hydrogens (tertiary/aromatic N) is 1. The molecule has 0 radical (unpaired) electrons. The Morgan fingerprint density at radius 1 is 1.40 bits per heavy atom. The summed E-state index contributed by atoms with van der Waals surface area (Å²) < 4.78 is 10.0. The maximum absolute atomic E-state index is 12.4. The van der Waals surface area contributed by atoms with E-state index >= 15 is 0 Å². The molecule has 1 aromatic carbocycles. The molecule has 0 atom stereocenters.